The lowest BCUT2D eigenvalue weighted by Crippen LogP contribution is -2.48. The van der Waals surface area contributed by atoms with Crippen molar-refractivity contribution in [3.05, 3.63) is 106 Å². The smallest absolute Gasteiger partial charge is 0.255 e. The number of amides is 2. The van der Waals surface area contributed by atoms with Crippen molar-refractivity contribution in [2.75, 3.05) is 36.4 Å². The molecule has 1 fully saturated rings. The lowest BCUT2D eigenvalue weighted by molar-refractivity contribution is 0.0746. The van der Waals surface area contributed by atoms with Crippen molar-refractivity contribution in [3.63, 3.8) is 0 Å². The van der Waals surface area contributed by atoms with E-state index in [1.54, 1.807) is 18.2 Å². The Morgan fingerprint density at radius 2 is 1.37 bits per heavy atom. The predicted molar refractivity (Wildman–Crippen MR) is 143 cm³/mol. The van der Waals surface area contributed by atoms with Crippen LogP contribution in [0.5, 0.6) is 0 Å². The summed E-state index contributed by atoms with van der Waals surface area (Å²) in [5, 5.41) is 5.83. The van der Waals surface area contributed by atoms with Gasteiger partial charge in [0.1, 0.15) is 0 Å². The van der Waals surface area contributed by atoms with Crippen LogP contribution in [0.15, 0.2) is 84.9 Å². The molecular formula is C28H23Cl2N3O2. The van der Waals surface area contributed by atoms with Crippen molar-refractivity contribution in [2.45, 2.75) is 0 Å². The molecule has 1 N–H and O–H groups in total. The molecule has 1 aliphatic rings. The summed E-state index contributed by atoms with van der Waals surface area (Å²) in [7, 11) is 0. The minimum Gasteiger partial charge on any atom is -0.368 e. The van der Waals surface area contributed by atoms with Crippen molar-refractivity contribution < 1.29 is 9.59 Å². The first kappa shape index (κ1) is 23.2. The zero-order valence-corrected chi connectivity index (χ0v) is 20.4. The number of fused-ring (bicyclic) bond motifs is 1. The van der Waals surface area contributed by atoms with E-state index in [0.717, 1.165) is 35.1 Å². The van der Waals surface area contributed by atoms with E-state index in [0.29, 0.717) is 34.4 Å². The van der Waals surface area contributed by atoms with Crippen LogP contribution in [0, 0.1) is 0 Å². The Balaban J connectivity index is 1.18. The van der Waals surface area contributed by atoms with Crippen LogP contribution in [-0.2, 0) is 0 Å². The number of anilines is 2. The third kappa shape index (κ3) is 5.11. The third-order valence-electron chi connectivity index (χ3n) is 6.24. The number of benzene rings is 4. The van der Waals surface area contributed by atoms with Crippen LogP contribution in [0.3, 0.4) is 0 Å². The van der Waals surface area contributed by atoms with E-state index in [-0.39, 0.29) is 11.8 Å². The lowest BCUT2D eigenvalue weighted by Gasteiger charge is -2.36. The molecule has 0 aromatic heterocycles. The maximum absolute atomic E-state index is 13.0. The summed E-state index contributed by atoms with van der Waals surface area (Å²) in [5.41, 5.74) is 2.90. The number of carbonyl (C=O) groups excluding carboxylic acids is 2. The minimum atomic E-state index is -0.253. The molecule has 0 atom stereocenters. The van der Waals surface area contributed by atoms with Gasteiger partial charge in [0, 0.05) is 48.7 Å². The van der Waals surface area contributed by atoms with Crippen molar-refractivity contribution in [1.82, 2.24) is 4.90 Å². The van der Waals surface area contributed by atoms with Gasteiger partial charge in [0.05, 0.1) is 10.0 Å². The Bertz CT molecular complexity index is 1400. The summed E-state index contributed by atoms with van der Waals surface area (Å²) in [4.78, 5) is 29.7. The van der Waals surface area contributed by atoms with Crippen molar-refractivity contribution in [2.24, 2.45) is 0 Å². The Kier molecular flexibility index (Phi) is 6.62. The van der Waals surface area contributed by atoms with E-state index in [2.05, 4.69) is 10.2 Å². The molecule has 1 heterocycles. The topological polar surface area (TPSA) is 52.7 Å². The van der Waals surface area contributed by atoms with Gasteiger partial charge in [0.2, 0.25) is 0 Å². The highest BCUT2D eigenvalue weighted by Crippen LogP contribution is 2.24. The summed E-state index contributed by atoms with van der Waals surface area (Å²) >= 11 is 11.9. The molecule has 35 heavy (non-hydrogen) atoms. The number of nitrogens with one attached hydrogen (secondary N) is 1. The molecule has 176 valence electrons. The van der Waals surface area contributed by atoms with Gasteiger partial charge in [-0.3, -0.25) is 9.59 Å². The largest absolute Gasteiger partial charge is 0.368 e. The SMILES string of the molecule is O=C(Nc1ccc(N2CCN(C(=O)c3ccc4ccccc4c3)CC2)cc1)c1ccc(Cl)c(Cl)c1. The van der Waals surface area contributed by atoms with E-state index in [4.69, 9.17) is 23.2 Å². The van der Waals surface area contributed by atoms with E-state index in [9.17, 15) is 9.59 Å². The van der Waals surface area contributed by atoms with Crippen molar-refractivity contribution in [1.29, 1.82) is 0 Å². The van der Waals surface area contributed by atoms with Crippen LogP contribution in [0.1, 0.15) is 20.7 Å². The monoisotopic (exact) mass is 503 g/mol. The standard InChI is InChI=1S/C28H23Cl2N3O2/c29-25-12-7-21(18-26(25)30)27(34)31-23-8-10-24(11-9-23)32-13-15-33(16-14-32)28(35)22-6-5-19-3-1-2-4-20(19)17-22/h1-12,17-18H,13-16H2,(H,31,34). The summed E-state index contributed by atoms with van der Waals surface area (Å²) in [5.74, 6) is -0.187. The van der Waals surface area contributed by atoms with Gasteiger partial charge in [-0.2, -0.15) is 0 Å². The summed E-state index contributed by atoms with van der Waals surface area (Å²) in [6, 6.07) is 26.4. The fraction of sp³-hybridized carbons (Fsp3) is 0.143. The van der Waals surface area contributed by atoms with Crippen LogP contribution >= 0.6 is 23.2 Å². The highest BCUT2D eigenvalue weighted by atomic mass is 35.5. The summed E-state index contributed by atoms with van der Waals surface area (Å²) < 4.78 is 0. The van der Waals surface area contributed by atoms with Gasteiger partial charge in [-0.15, -0.1) is 0 Å². The number of hydrogen-bond donors (Lipinski definition) is 1. The van der Waals surface area contributed by atoms with Crippen LogP contribution in [0.25, 0.3) is 10.8 Å². The number of halogens is 2. The average Bonchev–Trinajstić information content (AvgIpc) is 2.90. The lowest BCUT2D eigenvalue weighted by atomic mass is 10.1. The first-order chi connectivity index (χ1) is 17.0. The van der Waals surface area contributed by atoms with Gasteiger partial charge >= 0.3 is 0 Å². The minimum absolute atomic E-state index is 0.0655. The number of nitrogens with zero attached hydrogens (tertiary/aromatic N) is 2. The highest BCUT2D eigenvalue weighted by molar-refractivity contribution is 6.42. The molecule has 5 nitrogen and oxygen atoms in total. The summed E-state index contributed by atoms with van der Waals surface area (Å²) in [6.45, 7) is 2.80. The highest BCUT2D eigenvalue weighted by Gasteiger charge is 2.22. The predicted octanol–water partition coefficient (Wildman–Crippen LogP) is 6.36. The molecule has 0 aliphatic carbocycles. The van der Waals surface area contributed by atoms with Gasteiger partial charge in [0.15, 0.2) is 0 Å². The second-order valence-corrected chi connectivity index (χ2v) is 9.29. The van der Waals surface area contributed by atoms with Gasteiger partial charge in [0.25, 0.3) is 11.8 Å². The van der Waals surface area contributed by atoms with Crippen LogP contribution < -0.4 is 10.2 Å². The molecular weight excluding hydrogens is 481 g/mol. The van der Waals surface area contributed by atoms with Crippen molar-refractivity contribution >= 4 is 57.2 Å². The maximum atomic E-state index is 13.0. The first-order valence-electron chi connectivity index (χ1n) is 11.4. The Labute approximate surface area is 213 Å². The molecule has 0 radical (unpaired) electrons. The molecule has 0 bridgehead atoms. The van der Waals surface area contributed by atoms with E-state index < -0.39 is 0 Å². The molecule has 0 saturated carbocycles. The van der Waals surface area contributed by atoms with Crippen LogP contribution in [0.2, 0.25) is 10.0 Å². The van der Waals surface area contributed by atoms with Crippen LogP contribution in [0.4, 0.5) is 11.4 Å². The Morgan fingerprint density at radius 3 is 2.09 bits per heavy atom. The van der Waals surface area contributed by atoms with E-state index >= 15 is 0 Å². The second kappa shape index (κ2) is 9.98. The zero-order valence-electron chi connectivity index (χ0n) is 18.9. The van der Waals surface area contributed by atoms with Crippen LogP contribution in [-0.4, -0.2) is 42.9 Å². The normalized spacial score (nSPS) is 13.7. The molecule has 2 amide bonds. The fourth-order valence-electron chi connectivity index (χ4n) is 4.27. The molecule has 5 rings (SSSR count). The number of rotatable bonds is 4. The second-order valence-electron chi connectivity index (χ2n) is 8.47. The van der Waals surface area contributed by atoms with Gasteiger partial charge in [-0.1, -0.05) is 53.5 Å². The third-order valence-corrected chi connectivity index (χ3v) is 6.97. The fourth-order valence-corrected chi connectivity index (χ4v) is 4.57. The Morgan fingerprint density at radius 1 is 0.686 bits per heavy atom. The van der Waals surface area contributed by atoms with E-state index in [1.807, 2.05) is 71.6 Å². The average molecular weight is 504 g/mol. The summed E-state index contributed by atoms with van der Waals surface area (Å²) in [6.07, 6.45) is 0. The number of carbonyl (C=O) groups is 2. The molecule has 7 heteroatoms. The quantitative estimate of drug-likeness (QED) is 0.352. The number of piperazine rings is 1. The van der Waals surface area contributed by atoms with Gasteiger partial charge in [-0.25, -0.2) is 0 Å². The first-order valence-corrected chi connectivity index (χ1v) is 12.1. The molecule has 0 spiro atoms. The number of hydrogen-bond acceptors (Lipinski definition) is 3. The molecule has 0 unspecified atom stereocenters. The molecule has 4 aromatic carbocycles. The van der Waals surface area contributed by atoms with Crippen molar-refractivity contribution in [3.8, 4) is 0 Å². The molecule has 4 aromatic rings. The van der Waals surface area contributed by atoms with E-state index in [1.165, 1.54) is 0 Å². The zero-order chi connectivity index (χ0) is 24.4. The molecule has 1 saturated heterocycles. The Hall–Kier alpha value is -3.54. The maximum Gasteiger partial charge on any atom is 0.255 e. The van der Waals surface area contributed by atoms with Gasteiger partial charge < -0.3 is 15.1 Å². The van der Waals surface area contributed by atoms with Gasteiger partial charge in [-0.05, 0) is 65.4 Å². The molecule has 1 aliphatic heterocycles.